The molecule has 6 aromatic rings. The minimum atomic E-state index is -0.300. The molecule has 58 heavy (non-hydrogen) atoms. The second kappa shape index (κ2) is 15.6. The summed E-state index contributed by atoms with van der Waals surface area (Å²) in [6, 6.07) is 25.1. The Bertz CT molecular complexity index is 2280. The summed E-state index contributed by atoms with van der Waals surface area (Å²) in [6.07, 6.45) is 10.2. The van der Waals surface area contributed by atoms with Crippen molar-refractivity contribution in [3.05, 3.63) is 96.3 Å². The molecule has 6 saturated heterocycles. The number of benzene rings is 3. The van der Waals surface area contributed by atoms with E-state index in [1.165, 1.54) is 25.7 Å². The van der Waals surface area contributed by atoms with Crippen LogP contribution >= 0.6 is 0 Å². The van der Waals surface area contributed by atoms with Crippen LogP contribution in [0.25, 0.3) is 32.6 Å². The van der Waals surface area contributed by atoms with Crippen LogP contribution < -0.4 is 18.9 Å². The van der Waals surface area contributed by atoms with E-state index in [4.69, 9.17) is 39.1 Å². The molecule has 0 aliphatic carbocycles. The number of aromatic nitrogens is 4. The van der Waals surface area contributed by atoms with Crippen LogP contribution in [0.5, 0.6) is 23.3 Å². The monoisotopic (exact) mass is 778 g/mol. The summed E-state index contributed by atoms with van der Waals surface area (Å²) in [5, 5.41) is 13.7. The third kappa shape index (κ3) is 6.58. The number of piperidine rings is 6. The number of fused-ring (bicyclic) bond motifs is 9. The Morgan fingerprint density at radius 1 is 0.603 bits per heavy atom. The van der Waals surface area contributed by atoms with Gasteiger partial charge in [0.25, 0.3) is 0 Å². The second-order valence-electron chi connectivity index (χ2n) is 17.0. The number of ether oxygens (including phenoxy) is 4. The fourth-order valence-electron chi connectivity index (χ4n) is 11.1. The lowest BCUT2D eigenvalue weighted by Crippen LogP contribution is -2.56. The highest BCUT2D eigenvalue weighted by Gasteiger charge is 2.46. The molecule has 4 bridgehead atoms. The standard InChI is InChI=1S/C48H54N6O4/c1-5-29-27-53-21-17-31(29)23-43(53)45(35-15-19-49-41-13-11-33(55-3)25-39(35)41)57-47-37-9-7-8-10-38(37)48(52-51-47)58-46(44-24-32-18-22-54(44)28-30(32)6-2)36-16-20-50-42-14-12-34(56-4)26-40(36)42/h7-16,19-20,25-26,29-32,43-46H,5-6,17-18,21-24,27-28H2,1-4H3/t29?,30?,31?,32?,43-,44?,45?,46?/m0/s1. The highest BCUT2D eigenvalue weighted by Crippen LogP contribution is 2.47. The molecule has 6 fully saturated rings. The normalized spacial score (nSPS) is 27.4. The summed E-state index contributed by atoms with van der Waals surface area (Å²) in [5.74, 6) is 5.39. The van der Waals surface area contributed by atoms with Crippen LogP contribution in [0.15, 0.2) is 85.2 Å². The molecular weight excluding hydrogens is 725 g/mol. The van der Waals surface area contributed by atoms with Gasteiger partial charge in [0.15, 0.2) is 0 Å². The van der Waals surface area contributed by atoms with E-state index in [0.717, 1.165) is 94.2 Å². The van der Waals surface area contributed by atoms with Crippen LogP contribution in [0, 0.1) is 23.7 Å². The highest BCUT2D eigenvalue weighted by molar-refractivity contribution is 5.91. The van der Waals surface area contributed by atoms with Crippen molar-refractivity contribution in [2.45, 2.75) is 76.7 Å². The van der Waals surface area contributed by atoms with E-state index in [-0.39, 0.29) is 24.3 Å². The number of pyridine rings is 2. The fourth-order valence-corrected chi connectivity index (χ4v) is 11.1. The summed E-state index contributed by atoms with van der Waals surface area (Å²) < 4.78 is 26.0. The van der Waals surface area contributed by atoms with Gasteiger partial charge in [-0.1, -0.05) is 38.8 Å². The van der Waals surface area contributed by atoms with Gasteiger partial charge >= 0.3 is 0 Å². The van der Waals surface area contributed by atoms with Gasteiger partial charge in [0.2, 0.25) is 11.8 Å². The van der Waals surface area contributed by atoms with Gasteiger partial charge in [-0.05, 0) is 123 Å². The van der Waals surface area contributed by atoms with Crippen LogP contribution in [-0.4, -0.2) is 82.4 Å². The van der Waals surface area contributed by atoms with Crippen LogP contribution in [0.1, 0.15) is 75.7 Å². The summed E-state index contributed by atoms with van der Waals surface area (Å²) in [7, 11) is 3.42. The molecule has 3 aromatic carbocycles. The first-order valence-corrected chi connectivity index (χ1v) is 21.5. The van der Waals surface area contributed by atoms with Gasteiger partial charge in [-0.15, -0.1) is 10.2 Å². The second-order valence-corrected chi connectivity index (χ2v) is 17.0. The number of hydrogen-bond donors (Lipinski definition) is 0. The van der Waals surface area contributed by atoms with Crippen LogP contribution in [0.2, 0.25) is 0 Å². The van der Waals surface area contributed by atoms with Gasteiger partial charge in [-0.2, -0.15) is 0 Å². The summed E-state index contributed by atoms with van der Waals surface area (Å²) in [4.78, 5) is 14.8. The maximum atomic E-state index is 7.30. The molecule has 0 saturated carbocycles. The Balaban J connectivity index is 1.06. The van der Waals surface area contributed by atoms with Crippen LogP contribution in [0.4, 0.5) is 0 Å². The van der Waals surface area contributed by atoms with Crippen molar-refractivity contribution < 1.29 is 18.9 Å². The molecule has 0 radical (unpaired) electrons. The Morgan fingerprint density at radius 3 is 1.47 bits per heavy atom. The Hall–Kier alpha value is -5.06. The van der Waals surface area contributed by atoms with E-state index in [2.05, 4.69) is 72.2 Å². The third-order valence-electron chi connectivity index (χ3n) is 14.3. The molecular formula is C48H54N6O4. The van der Waals surface area contributed by atoms with Crippen molar-refractivity contribution in [2.24, 2.45) is 23.7 Å². The lowest BCUT2D eigenvalue weighted by atomic mass is 9.72. The fraction of sp³-hybridized carbons (Fsp3) is 0.458. The minimum absolute atomic E-state index is 0.180. The van der Waals surface area contributed by atoms with E-state index < -0.39 is 0 Å². The molecule has 9 unspecified atom stereocenters. The van der Waals surface area contributed by atoms with Gasteiger partial charge in [0.1, 0.15) is 23.7 Å². The molecule has 6 aliphatic rings. The number of hydrogen-bond acceptors (Lipinski definition) is 10. The summed E-state index contributed by atoms with van der Waals surface area (Å²) >= 11 is 0. The van der Waals surface area contributed by atoms with Crippen molar-refractivity contribution in [1.82, 2.24) is 30.0 Å². The van der Waals surface area contributed by atoms with Gasteiger partial charge in [-0.25, -0.2) is 0 Å². The number of rotatable bonds is 12. The Kier molecular flexibility index (Phi) is 10.0. The van der Waals surface area contributed by atoms with Gasteiger partial charge in [0, 0.05) is 47.4 Å². The number of nitrogens with zero attached hydrogens (tertiary/aromatic N) is 6. The van der Waals surface area contributed by atoms with Crippen LogP contribution in [-0.2, 0) is 0 Å². The maximum Gasteiger partial charge on any atom is 0.242 e. The molecule has 3 aromatic heterocycles. The molecule has 300 valence electrons. The van der Waals surface area contributed by atoms with Crippen molar-refractivity contribution in [3.8, 4) is 23.3 Å². The average Bonchev–Trinajstić information content (AvgIpc) is 3.29. The van der Waals surface area contributed by atoms with E-state index in [1.54, 1.807) is 14.2 Å². The van der Waals surface area contributed by atoms with Gasteiger partial charge in [-0.3, -0.25) is 19.8 Å². The Morgan fingerprint density at radius 2 is 1.07 bits per heavy atom. The van der Waals surface area contributed by atoms with Crippen molar-refractivity contribution in [1.29, 1.82) is 0 Å². The largest absolute Gasteiger partial charge is 0.497 e. The molecule has 12 rings (SSSR count). The molecule has 6 aliphatic heterocycles. The van der Waals surface area contributed by atoms with E-state index in [1.807, 2.05) is 36.7 Å². The molecule has 10 atom stereocenters. The van der Waals surface area contributed by atoms with Gasteiger partial charge < -0.3 is 18.9 Å². The average molecular weight is 779 g/mol. The first kappa shape index (κ1) is 37.2. The highest BCUT2D eigenvalue weighted by atomic mass is 16.5. The molecule has 9 heterocycles. The molecule has 10 heteroatoms. The molecule has 0 amide bonds. The quantitative estimate of drug-likeness (QED) is 0.120. The third-order valence-corrected chi connectivity index (χ3v) is 14.3. The minimum Gasteiger partial charge on any atom is -0.497 e. The van der Waals surface area contributed by atoms with Crippen LogP contribution in [0.3, 0.4) is 0 Å². The lowest BCUT2D eigenvalue weighted by Gasteiger charge is -2.52. The van der Waals surface area contributed by atoms with Crippen molar-refractivity contribution >= 4 is 32.6 Å². The first-order valence-electron chi connectivity index (χ1n) is 21.5. The molecule has 0 N–H and O–H groups in total. The SMILES string of the molecule is CCC1CN2CCC1CC2C(Oc1nnc(OC(c2ccnc3ccc(OC)cc23)[C@@H]2CC3CCN2CC3CC)c2ccccc12)c1ccnc2ccc(OC)cc12. The van der Waals surface area contributed by atoms with E-state index in [9.17, 15) is 0 Å². The summed E-state index contributed by atoms with van der Waals surface area (Å²) in [5.41, 5.74) is 4.01. The van der Waals surface area contributed by atoms with Gasteiger partial charge in [0.05, 0.1) is 48.1 Å². The first-order chi connectivity index (χ1) is 28.5. The zero-order chi connectivity index (χ0) is 39.3. The van der Waals surface area contributed by atoms with E-state index in [0.29, 0.717) is 35.4 Å². The van der Waals surface area contributed by atoms with Crippen molar-refractivity contribution in [3.63, 3.8) is 0 Å². The topological polar surface area (TPSA) is 95.0 Å². The summed E-state index contributed by atoms with van der Waals surface area (Å²) in [6.45, 7) is 9.00. The smallest absolute Gasteiger partial charge is 0.242 e. The Labute approximate surface area is 340 Å². The molecule has 10 nitrogen and oxygen atoms in total. The lowest BCUT2D eigenvalue weighted by molar-refractivity contribution is -0.0505. The van der Waals surface area contributed by atoms with Crippen molar-refractivity contribution in [2.75, 3.05) is 40.4 Å². The number of methoxy groups -OCH3 is 2. The molecule has 0 spiro atoms. The zero-order valence-electron chi connectivity index (χ0n) is 34.1. The maximum absolute atomic E-state index is 7.30. The van der Waals surface area contributed by atoms with E-state index >= 15 is 0 Å². The predicted octanol–water partition coefficient (Wildman–Crippen LogP) is 9.22. The zero-order valence-corrected chi connectivity index (χ0v) is 34.1. The predicted molar refractivity (Wildman–Crippen MR) is 227 cm³/mol.